The number of fused-ring (bicyclic) bond motifs is 1. The lowest BCUT2D eigenvalue weighted by Gasteiger charge is -2.32. The summed E-state index contributed by atoms with van der Waals surface area (Å²) in [6, 6.07) is 12.3. The van der Waals surface area contributed by atoms with Gasteiger partial charge in [0.15, 0.2) is 0 Å². The molecule has 8 heteroatoms. The topological polar surface area (TPSA) is 76.7 Å². The average molecular weight is 501 g/mol. The van der Waals surface area contributed by atoms with E-state index in [4.69, 9.17) is 14.0 Å². The Bertz CT molecular complexity index is 1370. The molecule has 3 heterocycles. The molecule has 2 aromatic carbocycles. The minimum atomic E-state index is -0.556. The average Bonchev–Trinajstić information content (AvgIpc) is 3.48. The van der Waals surface area contributed by atoms with Gasteiger partial charge in [0.25, 0.3) is 0 Å². The normalized spacial score (nSPS) is 21.0. The highest BCUT2D eigenvalue weighted by atomic mass is 16.7. The summed E-state index contributed by atoms with van der Waals surface area (Å²) in [5.74, 6) is 0.717. The molecule has 1 atom stereocenters. The minimum Gasteiger partial charge on any atom is -0.444 e. The summed E-state index contributed by atoms with van der Waals surface area (Å²) in [4.78, 5) is 22.6. The van der Waals surface area contributed by atoms with E-state index in [-0.39, 0.29) is 30.5 Å². The summed E-state index contributed by atoms with van der Waals surface area (Å²) in [7, 11) is -0.389. The first kappa shape index (κ1) is 25.6. The Morgan fingerprint density at radius 1 is 1.08 bits per heavy atom. The fraction of sp³-hybridized carbons (Fsp3) is 0.448. The van der Waals surface area contributed by atoms with Gasteiger partial charge in [-0.05, 0) is 77.7 Å². The fourth-order valence-corrected chi connectivity index (χ4v) is 4.70. The Balaban J connectivity index is 1.38. The van der Waals surface area contributed by atoms with Gasteiger partial charge in [0.1, 0.15) is 17.5 Å². The monoisotopic (exact) mass is 501 g/mol. The largest absolute Gasteiger partial charge is 0.494 e. The van der Waals surface area contributed by atoms with E-state index in [2.05, 4.69) is 80.1 Å². The van der Waals surface area contributed by atoms with Crippen LogP contribution in [0.15, 0.2) is 54.2 Å². The third-order valence-electron chi connectivity index (χ3n) is 7.40. The van der Waals surface area contributed by atoms with Crippen molar-refractivity contribution in [2.24, 2.45) is 0 Å². The predicted octanol–water partition coefficient (Wildman–Crippen LogP) is 5.77. The van der Waals surface area contributed by atoms with Crippen LogP contribution in [-0.4, -0.2) is 51.4 Å². The van der Waals surface area contributed by atoms with Crippen molar-refractivity contribution in [3.05, 3.63) is 60.1 Å². The van der Waals surface area contributed by atoms with Crippen LogP contribution in [0.1, 0.15) is 67.3 Å². The summed E-state index contributed by atoms with van der Waals surface area (Å²) in [5.41, 5.74) is 2.73. The maximum atomic E-state index is 12.8. The SMILES string of the molecule is CC1=C[C@@H](c2ncc(-c3ccc4cc(B5OC(C)(C)C(C)(C)O5)ccc4c3)[nH]2)N(C(=O)OC(C)(C)C)C1. The number of imidazole rings is 1. The number of amides is 1. The molecule has 0 saturated carbocycles. The summed E-state index contributed by atoms with van der Waals surface area (Å²) in [5, 5.41) is 2.22. The van der Waals surface area contributed by atoms with Gasteiger partial charge in [-0.3, -0.25) is 4.90 Å². The molecule has 3 aromatic rings. The fourth-order valence-electron chi connectivity index (χ4n) is 4.70. The van der Waals surface area contributed by atoms with Crippen LogP contribution in [0.25, 0.3) is 22.0 Å². The van der Waals surface area contributed by atoms with Crippen LogP contribution in [-0.2, 0) is 14.0 Å². The number of rotatable bonds is 3. The number of hydrogen-bond acceptors (Lipinski definition) is 5. The van der Waals surface area contributed by atoms with E-state index in [9.17, 15) is 4.79 Å². The zero-order valence-electron chi connectivity index (χ0n) is 23.0. The minimum absolute atomic E-state index is 0.286. The number of aromatic nitrogens is 2. The molecule has 1 aromatic heterocycles. The molecular weight excluding hydrogens is 465 g/mol. The number of hydrogen-bond donors (Lipinski definition) is 1. The van der Waals surface area contributed by atoms with Gasteiger partial charge in [-0.25, -0.2) is 9.78 Å². The molecular formula is C29H36BN3O4. The molecule has 0 radical (unpaired) electrons. The van der Waals surface area contributed by atoms with E-state index in [1.165, 1.54) is 0 Å². The predicted molar refractivity (Wildman–Crippen MR) is 147 cm³/mol. The van der Waals surface area contributed by atoms with Crippen LogP contribution >= 0.6 is 0 Å². The summed E-state index contributed by atoms with van der Waals surface area (Å²) >= 11 is 0. The van der Waals surface area contributed by atoms with Crippen molar-refractivity contribution in [2.45, 2.75) is 78.2 Å². The van der Waals surface area contributed by atoms with Crippen LogP contribution in [0.5, 0.6) is 0 Å². The molecule has 7 nitrogen and oxygen atoms in total. The zero-order valence-corrected chi connectivity index (χ0v) is 23.0. The first-order chi connectivity index (χ1) is 17.2. The summed E-state index contributed by atoms with van der Waals surface area (Å²) in [6.07, 6.45) is 3.54. The molecule has 1 fully saturated rings. The first-order valence-electron chi connectivity index (χ1n) is 12.8. The van der Waals surface area contributed by atoms with E-state index in [1.54, 1.807) is 4.90 Å². The van der Waals surface area contributed by atoms with E-state index in [0.29, 0.717) is 12.4 Å². The standard InChI is InChI=1S/C29H36BN3O4/c1-18-13-24(33(17-18)26(34)35-27(2,3)4)25-31-16-23(32-25)21-10-9-20-15-22(12-11-19(20)14-21)30-36-28(5,6)29(7,8)37-30/h9-16,24H,17H2,1-8H3,(H,31,32)/t24-/m0/s1. The van der Waals surface area contributed by atoms with Gasteiger partial charge in [-0.1, -0.05) is 42.0 Å². The van der Waals surface area contributed by atoms with Gasteiger partial charge < -0.3 is 19.0 Å². The molecule has 0 aliphatic carbocycles. The quantitative estimate of drug-likeness (QED) is 0.365. The number of ether oxygens (including phenoxy) is 1. The number of H-pyrrole nitrogens is 1. The number of benzene rings is 2. The van der Waals surface area contributed by atoms with Gasteiger partial charge in [-0.2, -0.15) is 0 Å². The zero-order chi connectivity index (χ0) is 26.8. The number of nitrogens with zero attached hydrogens (tertiary/aromatic N) is 2. The van der Waals surface area contributed by atoms with Crippen molar-refractivity contribution in [2.75, 3.05) is 6.54 Å². The second kappa shape index (κ2) is 8.74. The van der Waals surface area contributed by atoms with Crippen LogP contribution in [0.3, 0.4) is 0 Å². The molecule has 0 unspecified atom stereocenters. The lowest BCUT2D eigenvalue weighted by Crippen LogP contribution is -2.41. The van der Waals surface area contributed by atoms with E-state index < -0.39 is 5.60 Å². The van der Waals surface area contributed by atoms with Gasteiger partial charge in [0.05, 0.1) is 23.1 Å². The number of carbonyl (C=O) groups is 1. The van der Waals surface area contributed by atoms with Gasteiger partial charge in [0.2, 0.25) is 0 Å². The Labute approximate surface area is 219 Å². The van der Waals surface area contributed by atoms with Crippen LogP contribution in [0.4, 0.5) is 4.79 Å². The van der Waals surface area contributed by atoms with E-state index in [1.807, 2.05) is 33.9 Å². The van der Waals surface area contributed by atoms with Crippen molar-refractivity contribution in [3.8, 4) is 11.3 Å². The van der Waals surface area contributed by atoms with Gasteiger partial charge in [0, 0.05) is 12.1 Å². The van der Waals surface area contributed by atoms with Gasteiger partial charge >= 0.3 is 13.2 Å². The summed E-state index contributed by atoms with van der Waals surface area (Å²) in [6.45, 7) is 16.4. The molecule has 1 saturated heterocycles. The Kier molecular flexibility index (Phi) is 6.04. The number of aromatic amines is 1. The smallest absolute Gasteiger partial charge is 0.444 e. The van der Waals surface area contributed by atoms with Crippen molar-refractivity contribution in [3.63, 3.8) is 0 Å². The maximum Gasteiger partial charge on any atom is 0.494 e. The molecule has 194 valence electrons. The third-order valence-corrected chi connectivity index (χ3v) is 7.40. The molecule has 2 aliphatic rings. The number of nitrogens with one attached hydrogen (secondary N) is 1. The van der Waals surface area contributed by atoms with Gasteiger partial charge in [-0.15, -0.1) is 0 Å². The van der Waals surface area contributed by atoms with Crippen molar-refractivity contribution >= 4 is 29.4 Å². The van der Waals surface area contributed by atoms with Crippen LogP contribution in [0.2, 0.25) is 0 Å². The molecule has 2 aliphatic heterocycles. The molecule has 0 spiro atoms. The maximum absolute atomic E-state index is 12.8. The van der Waals surface area contributed by atoms with Crippen LogP contribution < -0.4 is 5.46 Å². The highest BCUT2D eigenvalue weighted by Gasteiger charge is 2.51. The Morgan fingerprint density at radius 3 is 2.41 bits per heavy atom. The Morgan fingerprint density at radius 2 is 1.73 bits per heavy atom. The number of carbonyl (C=O) groups excluding carboxylic acids is 1. The molecule has 1 N–H and O–H groups in total. The summed E-state index contributed by atoms with van der Waals surface area (Å²) < 4.78 is 18.1. The molecule has 1 amide bonds. The molecule has 5 rings (SSSR count). The highest BCUT2D eigenvalue weighted by Crippen LogP contribution is 2.37. The second-order valence-electron chi connectivity index (χ2n) is 12.2. The lowest BCUT2D eigenvalue weighted by atomic mass is 9.78. The Hall–Kier alpha value is -3.10. The third kappa shape index (κ3) is 4.92. The van der Waals surface area contributed by atoms with E-state index in [0.717, 1.165) is 33.1 Å². The second-order valence-corrected chi connectivity index (χ2v) is 12.2. The molecule has 0 bridgehead atoms. The van der Waals surface area contributed by atoms with E-state index >= 15 is 0 Å². The van der Waals surface area contributed by atoms with Crippen molar-refractivity contribution < 1.29 is 18.8 Å². The highest BCUT2D eigenvalue weighted by molar-refractivity contribution is 6.62. The van der Waals surface area contributed by atoms with Crippen LogP contribution in [0, 0.1) is 0 Å². The molecule has 37 heavy (non-hydrogen) atoms. The van der Waals surface area contributed by atoms with Crippen molar-refractivity contribution in [1.29, 1.82) is 0 Å². The lowest BCUT2D eigenvalue weighted by molar-refractivity contribution is 0.00578. The first-order valence-corrected chi connectivity index (χ1v) is 12.8. The van der Waals surface area contributed by atoms with Crippen molar-refractivity contribution in [1.82, 2.24) is 14.9 Å².